The third-order valence-electron chi connectivity index (χ3n) is 2.90. The van der Waals surface area contributed by atoms with Crippen molar-refractivity contribution in [3.05, 3.63) is 63.9 Å². The van der Waals surface area contributed by atoms with Crippen molar-refractivity contribution in [2.75, 3.05) is 7.05 Å². The molecule has 1 aromatic heterocycles. The summed E-state index contributed by atoms with van der Waals surface area (Å²) in [5.41, 5.74) is 0.960. The molecule has 1 unspecified atom stereocenters. The van der Waals surface area contributed by atoms with Gasteiger partial charge in [-0.3, -0.25) is 4.98 Å². The number of hydrogen-bond donors (Lipinski definition) is 1. The summed E-state index contributed by atoms with van der Waals surface area (Å²) in [6.45, 7) is 0. The van der Waals surface area contributed by atoms with Crippen LogP contribution in [0, 0.1) is 11.6 Å². The standard InChI is InChI=1S/C14H13BrF2N2/c1-18-13(6-9-5-10(15)8-19-7-9)14-11(16)3-2-4-12(14)17/h2-5,7-8,13,18H,6H2,1H3. The van der Waals surface area contributed by atoms with Crippen molar-refractivity contribution < 1.29 is 8.78 Å². The van der Waals surface area contributed by atoms with Crippen LogP contribution in [0.4, 0.5) is 8.78 Å². The molecule has 2 aromatic rings. The fraction of sp³-hybridized carbons (Fsp3) is 0.214. The van der Waals surface area contributed by atoms with Gasteiger partial charge in [-0.15, -0.1) is 0 Å². The van der Waals surface area contributed by atoms with Crippen LogP contribution in [0.5, 0.6) is 0 Å². The number of benzene rings is 1. The minimum atomic E-state index is -0.540. The third kappa shape index (κ3) is 3.36. The molecule has 0 fully saturated rings. The molecule has 5 heteroatoms. The third-order valence-corrected chi connectivity index (χ3v) is 3.33. The van der Waals surface area contributed by atoms with Gasteiger partial charge in [0.15, 0.2) is 0 Å². The number of hydrogen-bond acceptors (Lipinski definition) is 2. The van der Waals surface area contributed by atoms with Gasteiger partial charge in [0.25, 0.3) is 0 Å². The van der Waals surface area contributed by atoms with Crippen molar-refractivity contribution in [3.63, 3.8) is 0 Å². The second-order valence-electron chi connectivity index (χ2n) is 4.19. The molecule has 1 N–H and O–H groups in total. The van der Waals surface area contributed by atoms with Gasteiger partial charge in [0.1, 0.15) is 11.6 Å². The first-order valence-electron chi connectivity index (χ1n) is 5.82. The minimum Gasteiger partial charge on any atom is -0.313 e. The van der Waals surface area contributed by atoms with Crippen LogP contribution in [0.1, 0.15) is 17.2 Å². The molecule has 1 heterocycles. The Balaban J connectivity index is 2.30. The summed E-state index contributed by atoms with van der Waals surface area (Å²) in [7, 11) is 1.68. The largest absolute Gasteiger partial charge is 0.313 e. The van der Waals surface area contributed by atoms with Crippen molar-refractivity contribution in [3.8, 4) is 0 Å². The number of pyridine rings is 1. The van der Waals surface area contributed by atoms with E-state index in [0.717, 1.165) is 10.0 Å². The van der Waals surface area contributed by atoms with Gasteiger partial charge in [-0.25, -0.2) is 8.78 Å². The Morgan fingerprint density at radius 1 is 1.26 bits per heavy atom. The second-order valence-corrected chi connectivity index (χ2v) is 5.11. The van der Waals surface area contributed by atoms with Gasteiger partial charge in [-0.2, -0.15) is 0 Å². The summed E-state index contributed by atoms with van der Waals surface area (Å²) in [5.74, 6) is -1.08. The summed E-state index contributed by atoms with van der Waals surface area (Å²) in [6.07, 6.45) is 3.82. The van der Waals surface area contributed by atoms with E-state index in [1.807, 2.05) is 6.07 Å². The first-order valence-corrected chi connectivity index (χ1v) is 6.61. The molecule has 0 aliphatic rings. The Bertz CT molecular complexity index is 555. The number of aromatic nitrogens is 1. The van der Waals surface area contributed by atoms with E-state index in [0.29, 0.717) is 6.42 Å². The summed E-state index contributed by atoms with van der Waals surface area (Å²) < 4.78 is 28.4. The van der Waals surface area contributed by atoms with E-state index in [4.69, 9.17) is 0 Å². The van der Waals surface area contributed by atoms with Crippen LogP contribution in [0.15, 0.2) is 41.1 Å². The van der Waals surface area contributed by atoms with Crippen molar-refractivity contribution in [1.82, 2.24) is 10.3 Å². The molecule has 19 heavy (non-hydrogen) atoms. The Kier molecular flexibility index (Phi) is 4.61. The quantitative estimate of drug-likeness (QED) is 0.928. The number of likely N-dealkylation sites (N-methyl/N-ethyl adjacent to an activating group) is 1. The summed E-state index contributed by atoms with van der Waals surface area (Å²) in [6, 6.07) is 5.35. The maximum absolute atomic E-state index is 13.8. The minimum absolute atomic E-state index is 0.0602. The monoisotopic (exact) mass is 326 g/mol. The Hall–Kier alpha value is -1.33. The van der Waals surface area contributed by atoms with Gasteiger partial charge >= 0.3 is 0 Å². The highest BCUT2D eigenvalue weighted by molar-refractivity contribution is 9.10. The van der Waals surface area contributed by atoms with Gasteiger partial charge in [0, 0.05) is 28.5 Å². The summed E-state index contributed by atoms with van der Waals surface area (Å²) in [4.78, 5) is 4.05. The van der Waals surface area contributed by atoms with E-state index in [-0.39, 0.29) is 5.56 Å². The highest BCUT2D eigenvalue weighted by Gasteiger charge is 2.19. The fourth-order valence-corrected chi connectivity index (χ4v) is 2.41. The van der Waals surface area contributed by atoms with Crippen LogP contribution >= 0.6 is 15.9 Å². The molecule has 0 saturated carbocycles. The molecule has 0 radical (unpaired) electrons. The van der Waals surface area contributed by atoms with Crippen molar-refractivity contribution >= 4 is 15.9 Å². The lowest BCUT2D eigenvalue weighted by Gasteiger charge is -2.18. The first kappa shape index (κ1) is 14.1. The average Bonchev–Trinajstić information content (AvgIpc) is 2.37. The SMILES string of the molecule is CNC(Cc1cncc(Br)c1)c1c(F)cccc1F. The van der Waals surface area contributed by atoms with Crippen LogP contribution in [0.25, 0.3) is 0 Å². The van der Waals surface area contributed by atoms with Crippen LogP contribution in [-0.4, -0.2) is 12.0 Å². The molecule has 0 spiro atoms. The molecular formula is C14H13BrF2N2. The molecule has 1 atom stereocenters. The average molecular weight is 327 g/mol. The topological polar surface area (TPSA) is 24.9 Å². The lowest BCUT2D eigenvalue weighted by molar-refractivity contribution is 0.489. The van der Waals surface area contributed by atoms with Crippen molar-refractivity contribution in [2.45, 2.75) is 12.5 Å². The molecule has 0 saturated heterocycles. The van der Waals surface area contributed by atoms with Gasteiger partial charge in [0.2, 0.25) is 0 Å². The van der Waals surface area contributed by atoms with Gasteiger partial charge in [-0.1, -0.05) is 6.07 Å². The van der Waals surface area contributed by atoms with Crippen LogP contribution in [0.3, 0.4) is 0 Å². The van der Waals surface area contributed by atoms with Crippen molar-refractivity contribution in [1.29, 1.82) is 0 Å². The van der Waals surface area contributed by atoms with E-state index in [1.54, 1.807) is 19.4 Å². The summed E-state index contributed by atoms with van der Waals surface area (Å²) >= 11 is 3.33. The van der Waals surface area contributed by atoms with Crippen LogP contribution in [-0.2, 0) is 6.42 Å². The first-order chi connectivity index (χ1) is 9.11. The van der Waals surface area contributed by atoms with E-state index in [1.165, 1.54) is 18.2 Å². The fourth-order valence-electron chi connectivity index (χ4n) is 2.00. The number of halogens is 3. The van der Waals surface area contributed by atoms with Gasteiger partial charge in [-0.05, 0) is 53.2 Å². The predicted molar refractivity (Wildman–Crippen MR) is 73.8 cm³/mol. The molecule has 0 aliphatic heterocycles. The zero-order valence-electron chi connectivity index (χ0n) is 10.3. The van der Waals surface area contributed by atoms with Crippen LogP contribution in [0.2, 0.25) is 0 Å². The van der Waals surface area contributed by atoms with Gasteiger partial charge in [0.05, 0.1) is 0 Å². The second kappa shape index (κ2) is 6.21. The predicted octanol–water partition coefficient (Wildman–Crippen LogP) is 3.63. The number of nitrogens with one attached hydrogen (secondary N) is 1. The van der Waals surface area contributed by atoms with E-state index in [2.05, 4.69) is 26.2 Å². The van der Waals surface area contributed by atoms with Crippen molar-refractivity contribution in [2.24, 2.45) is 0 Å². The molecule has 100 valence electrons. The normalized spacial score (nSPS) is 12.4. The number of nitrogens with zero attached hydrogens (tertiary/aromatic N) is 1. The van der Waals surface area contributed by atoms with Gasteiger partial charge < -0.3 is 5.32 Å². The van der Waals surface area contributed by atoms with E-state index < -0.39 is 17.7 Å². The molecule has 2 nitrogen and oxygen atoms in total. The smallest absolute Gasteiger partial charge is 0.130 e. The molecule has 1 aromatic carbocycles. The summed E-state index contributed by atoms with van der Waals surface area (Å²) in [5, 5.41) is 2.94. The zero-order valence-corrected chi connectivity index (χ0v) is 11.9. The maximum atomic E-state index is 13.8. The van der Waals surface area contributed by atoms with Crippen LogP contribution < -0.4 is 5.32 Å². The lowest BCUT2D eigenvalue weighted by Crippen LogP contribution is -2.21. The van der Waals surface area contributed by atoms with E-state index >= 15 is 0 Å². The highest BCUT2D eigenvalue weighted by atomic mass is 79.9. The molecular weight excluding hydrogens is 314 g/mol. The molecule has 0 bridgehead atoms. The molecule has 0 aliphatic carbocycles. The highest BCUT2D eigenvalue weighted by Crippen LogP contribution is 2.24. The molecule has 2 rings (SSSR count). The lowest BCUT2D eigenvalue weighted by atomic mass is 9.99. The van der Waals surface area contributed by atoms with E-state index in [9.17, 15) is 8.78 Å². The Morgan fingerprint density at radius 3 is 2.53 bits per heavy atom. The Morgan fingerprint density at radius 2 is 1.95 bits per heavy atom. The Labute approximate surface area is 119 Å². The molecule has 0 amide bonds. The number of rotatable bonds is 4. The maximum Gasteiger partial charge on any atom is 0.130 e. The zero-order chi connectivity index (χ0) is 13.8.